The van der Waals surface area contributed by atoms with Gasteiger partial charge in [0.1, 0.15) is 17.3 Å². The van der Waals surface area contributed by atoms with Gasteiger partial charge in [0.2, 0.25) is 0 Å². The number of nitrogens with one attached hydrogen (secondary N) is 2. The normalized spacial score (nSPS) is 18.6. The van der Waals surface area contributed by atoms with Gasteiger partial charge in [-0.1, -0.05) is 0 Å². The number of hydrogen-bond acceptors (Lipinski definition) is 4. The highest BCUT2D eigenvalue weighted by Gasteiger charge is 2.28. The summed E-state index contributed by atoms with van der Waals surface area (Å²) in [5.41, 5.74) is 0.418. The summed E-state index contributed by atoms with van der Waals surface area (Å²) in [6.45, 7) is 4.87. The van der Waals surface area contributed by atoms with Crippen molar-refractivity contribution in [1.29, 1.82) is 0 Å². The Morgan fingerprint density at radius 3 is 2.44 bits per heavy atom. The molecule has 2 aliphatic rings. The Kier molecular flexibility index (Phi) is 7.14. The van der Waals surface area contributed by atoms with Crippen LogP contribution in [0.15, 0.2) is 30.7 Å². The van der Waals surface area contributed by atoms with E-state index in [1.54, 1.807) is 4.90 Å². The first-order valence-electron chi connectivity index (χ1n) is 11.2. The van der Waals surface area contributed by atoms with E-state index in [4.69, 9.17) is 0 Å². The Hall–Kier alpha value is -2.81. The Morgan fingerprint density at radius 2 is 1.78 bits per heavy atom. The van der Waals surface area contributed by atoms with E-state index in [-0.39, 0.29) is 17.4 Å². The molecule has 32 heavy (non-hydrogen) atoms. The van der Waals surface area contributed by atoms with Gasteiger partial charge in [0.05, 0.1) is 18.1 Å². The maximum atomic E-state index is 13.9. The third kappa shape index (κ3) is 5.51. The largest absolute Gasteiger partial charge is 0.350 e. The van der Waals surface area contributed by atoms with E-state index in [0.717, 1.165) is 57.5 Å². The molecule has 2 fully saturated rings. The van der Waals surface area contributed by atoms with Gasteiger partial charge in [0, 0.05) is 32.2 Å². The summed E-state index contributed by atoms with van der Waals surface area (Å²) in [5.74, 6) is -0.981. The van der Waals surface area contributed by atoms with Gasteiger partial charge >= 0.3 is 0 Å². The zero-order valence-electron chi connectivity index (χ0n) is 18.0. The molecule has 2 amide bonds. The molecule has 172 valence electrons. The predicted octanol–water partition coefficient (Wildman–Crippen LogP) is 2.68. The second-order valence-electron chi connectivity index (χ2n) is 8.78. The van der Waals surface area contributed by atoms with E-state index in [1.807, 2.05) is 0 Å². The molecule has 0 aliphatic carbocycles. The van der Waals surface area contributed by atoms with Crippen molar-refractivity contribution in [2.24, 2.45) is 11.8 Å². The SMILES string of the molecule is O=C(NCC1CCN(CC2CCN(C(=O)c3ccc(F)cc3F)CC2)CC1)c1cnc[nH]1. The Morgan fingerprint density at radius 1 is 1.06 bits per heavy atom. The van der Waals surface area contributed by atoms with Crippen LogP contribution in [0.25, 0.3) is 0 Å². The van der Waals surface area contributed by atoms with Gasteiger partial charge in [-0.3, -0.25) is 9.59 Å². The first-order valence-corrected chi connectivity index (χ1v) is 11.2. The second kappa shape index (κ2) is 10.2. The molecule has 0 atom stereocenters. The maximum absolute atomic E-state index is 13.9. The van der Waals surface area contributed by atoms with Gasteiger partial charge < -0.3 is 20.1 Å². The topological polar surface area (TPSA) is 81.3 Å². The van der Waals surface area contributed by atoms with Crippen molar-refractivity contribution in [2.75, 3.05) is 39.3 Å². The first kappa shape index (κ1) is 22.4. The minimum Gasteiger partial charge on any atom is -0.350 e. The molecule has 0 unspecified atom stereocenters. The van der Waals surface area contributed by atoms with Crippen LogP contribution >= 0.6 is 0 Å². The van der Waals surface area contributed by atoms with Crippen molar-refractivity contribution < 1.29 is 18.4 Å². The second-order valence-corrected chi connectivity index (χ2v) is 8.78. The van der Waals surface area contributed by atoms with E-state index < -0.39 is 11.6 Å². The van der Waals surface area contributed by atoms with Crippen LogP contribution in [0.1, 0.15) is 46.5 Å². The summed E-state index contributed by atoms with van der Waals surface area (Å²) >= 11 is 0. The highest BCUT2D eigenvalue weighted by Crippen LogP contribution is 2.24. The molecule has 9 heteroatoms. The van der Waals surface area contributed by atoms with E-state index in [2.05, 4.69) is 20.2 Å². The lowest BCUT2D eigenvalue weighted by molar-refractivity contribution is 0.0647. The molecule has 3 heterocycles. The number of carbonyl (C=O) groups is 2. The molecule has 1 aromatic carbocycles. The van der Waals surface area contributed by atoms with E-state index in [1.165, 1.54) is 18.6 Å². The lowest BCUT2D eigenvalue weighted by Gasteiger charge is -2.37. The number of carbonyl (C=O) groups excluding carboxylic acids is 2. The van der Waals surface area contributed by atoms with Crippen molar-refractivity contribution in [3.05, 3.63) is 53.6 Å². The van der Waals surface area contributed by atoms with Crippen LogP contribution < -0.4 is 5.32 Å². The lowest BCUT2D eigenvalue weighted by Crippen LogP contribution is -2.44. The van der Waals surface area contributed by atoms with Gasteiger partial charge in [0.15, 0.2) is 0 Å². The highest BCUT2D eigenvalue weighted by molar-refractivity contribution is 5.94. The lowest BCUT2D eigenvalue weighted by atomic mass is 9.92. The molecule has 0 spiro atoms. The van der Waals surface area contributed by atoms with Crippen LogP contribution in [0.3, 0.4) is 0 Å². The number of imidazole rings is 1. The Balaban J connectivity index is 1.16. The van der Waals surface area contributed by atoms with E-state index in [9.17, 15) is 18.4 Å². The molecule has 0 radical (unpaired) electrons. The summed E-state index contributed by atoms with van der Waals surface area (Å²) in [7, 11) is 0. The number of H-pyrrole nitrogens is 1. The molecule has 2 saturated heterocycles. The molecule has 2 aromatic rings. The number of nitrogens with zero attached hydrogens (tertiary/aromatic N) is 3. The monoisotopic (exact) mass is 445 g/mol. The van der Waals surface area contributed by atoms with E-state index >= 15 is 0 Å². The third-order valence-corrected chi connectivity index (χ3v) is 6.58. The average Bonchev–Trinajstić information content (AvgIpc) is 3.34. The summed E-state index contributed by atoms with van der Waals surface area (Å²) in [5, 5.41) is 2.97. The zero-order valence-corrected chi connectivity index (χ0v) is 18.0. The molecular weight excluding hydrogens is 416 g/mol. The molecule has 1 aromatic heterocycles. The molecule has 2 aliphatic heterocycles. The van der Waals surface area contributed by atoms with Gasteiger partial charge in [-0.15, -0.1) is 0 Å². The predicted molar refractivity (Wildman–Crippen MR) is 115 cm³/mol. The summed E-state index contributed by atoms with van der Waals surface area (Å²) in [6.07, 6.45) is 6.88. The van der Waals surface area contributed by atoms with Crippen molar-refractivity contribution >= 4 is 11.8 Å². The summed E-state index contributed by atoms with van der Waals surface area (Å²) in [6, 6.07) is 3.10. The number of rotatable bonds is 6. The number of piperidine rings is 2. The molecule has 0 bridgehead atoms. The van der Waals surface area contributed by atoms with Gasteiger partial charge in [0.25, 0.3) is 11.8 Å². The van der Waals surface area contributed by atoms with Crippen molar-refractivity contribution in [3.63, 3.8) is 0 Å². The van der Waals surface area contributed by atoms with Crippen molar-refractivity contribution in [1.82, 2.24) is 25.1 Å². The van der Waals surface area contributed by atoms with Gasteiger partial charge in [-0.05, 0) is 62.7 Å². The van der Waals surface area contributed by atoms with Crippen LogP contribution in [0, 0.1) is 23.5 Å². The molecule has 0 saturated carbocycles. The van der Waals surface area contributed by atoms with Crippen LogP contribution in [-0.2, 0) is 0 Å². The number of hydrogen-bond donors (Lipinski definition) is 2. The fourth-order valence-electron chi connectivity index (χ4n) is 4.60. The molecular formula is C23H29F2N5O2. The summed E-state index contributed by atoms with van der Waals surface area (Å²) < 4.78 is 27.0. The zero-order chi connectivity index (χ0) is 22.5. The third-order valence-electron chi connectivity index (χ3n) is 6.58. The standard InChI is InChI=1S/C23H29F2N5O2/c24-18-1-2-19(20(25)11-18)23(32)30-9-5-17(6-10-30)14-29-7-3-16(4-8-29)12-27-22(31)21-13-26-15-28-21/h1-2,11,13,15-17H,3-10,12,14H2,(H,26,28)(H,27,31). The van der Waals surface area contributed by atoms with Crippen LogP contribution in [0.5, 0.6) is 0 Å². The number of aromatic nitrogens is 2. The Labute approximate surface area is 186 Å². The first-order chi connectivity index (χ1) is 15.5. The van der Waals surface area contributed by atoms with Crippen LogP contribution in [-0.4, -0.2) is 70.9 Å². The number of amides is 2. The van der Waals surface area contributed by atoms with E-state index in [0.29, 0.717) is 37.2 Å². The minimum atomic E-state index is -0.805. The smallest absolute Gasteiger partial charge is 0.269 e. The fraction of sp³-hybridized carbons (Fsp3) is 0.522. The number of halogens is 2. The molecule has 7 nitrogen and oxygen atoms in total. The highest BCUT2D eigenvalue weighted by atomic mass is 19.1. The average molecular weight is 446 g/mol. The number of likely N-dealkylation sites (tertiary alicyclic amines) is 2. The van der Waals surface area contributed by atoms with Crippen LogP contribution in [0.4, 0.5) is 8.78 Å². The quantitative estimate of drug-likeness (QED) is 0.717. The minimum absolute atomic E-state index is 0.0634. The maximum Gasteiger partial charge on any atom is 0.269 e. The molecule has 2 N–H and O–H groups in total. The van der Waals surface area contributed by atoms with Gasteiger partial charge in [-0.25, -0.2) is 13.8 Å². The fourth-order valence-corrected chi connectivity index (χ4v) is 4.60. The molecule has 4 rings (SSSR count). The van der Waals surface area contributed by atoms with Crippen molar-refractivity contribution in [3.8, 4) is 0 Å². The van der Waals surface area contributed by atoms with Crippen molar-refractivity contribution in [2.45, 2.75) is 25.7 Å². The Bertz CT molecular complexity index is 920. The number of benzene rings is 1. The summed E-state index contributed by atoms with van der Waals surface area (Å²) in [4.78, 5) is 35.4. The number of aromatic amines is 1. The van der Waals surface area contributed by atoms with Crippen LogP contribution in [0.2, 0.25) is 0 Å². The van der Waals surface area contributed by atoms with Gasteiger partial charge in [-0.2, -0.15) is 0 Å².